The molecule has 0 bridgehead atoms. The van der Waals surface area contributed by atoms with Gasteiger partial charge in [-0.15, -0.1) is 0 Å². The number of H-pyrrole nitrogens is 1. The molecule has 1 N–H and O–H groups in total. The number of benzene rings is 7. The van der Waals surface area contributed by atoms with Crippen LogP contribution in [0.5, 0.6) is 5.75 Å². The molecule has 0 atom stereocenters. The molecule has 1 amide bonds. The summed E-state index contributed by atoms with van der Waals surface area (Å²) in [6.07, 6.45) is 4.61. The molecule has 7 aromatic carbocycles. The van der Waals surface area contributed by atoms with Crippen molar-refractivity contribution >= 4 is 75.2 Å². The molecule has 428 valence electrons. The summed E-state index contributed by atoms with van der Waals surface area (Å²) in [5.41, 5.74) is 13.8. The number of para-hydroxylation sites is 2. The number of carbonyl (C=O) groups is 5. The molecule has 0 saturated carbocycles. The van der Waals surface area contributed by atoms with Crippen LogP contribution in [0.2, 0.25) is 0 Å². The molecule has 12 nitrogen and oxygen atoms in total. The van der Waals surface area contributed by atoms with Crippen LogP contribution in [0.4, 0.5) is 22.7 Å². The van der Waals surface area contributed by atoms with Crippen LogP contribution in [0.3, 0.4) is 0 Å². The van der Waals surface area contributed by atoms with Gasteiger partial charge in [0.05, 0.1) is 23.6 Å². The Bertz CT molecular complexity index is 3570. The Balaban J connectivity index is 0.00000131. The Morgan fingerprint density at radius 1 is 0.651 bits per heavy atom. The summed E-state index contributed by atoms with van der Waals surface area (Å²) in [7, 11) is 3.40. The molecule has 0 spiro atoms. The molecule has 8 aromatic rings. The minimum atomic E-state index is -0.464. The first-order valence-corrected chi connectivity index (χ1v) is 28.3. The predicted octanol–water partition coefficient (Wildman–Crippen LogP) is 16.5. The van der Waals surface area contributed by atoms with Gasteiger partial charge in [0.15, 0.2) is 12.6 Å². The number of anilines is 4. The van der Waals surface area contributed by atoms with Gasteiger partial charge < -0.3 is 29.0 Å². The molecular weight excluding hydrogens is 1040 g/mol. The van der Waals surface area contributed by atoms with Crippen LogP contribution in [0.1, 0.15) is 126 Å². The van der Waals surface area contributed by atoms with Gasteiger partial charge in [0.1, 0.15) is 5.75 Å². The molecule has 0 radical (unpaired) electrons. The number of aromatic amines is 1. The fraction of sp³-hybridized carbons (Fsp3) is 0.239. The maximum atomic E-state index is 14.4. The molecule has 1 aromatic heterocycles. The van der Waals surface area contributed by atoms with E-state index in [2.05, 4.69) is 63.2 Å². The van der Waals surface area contributed by atoms with Crippen LogP contribution in [0.25, 0.3) is 27.5 Å². The Labute approximate surface area is 489 Å². The minimum absolute atomic E-state index is 0.174. The van der Waals surface area contributed by atoms with E-state index in [0.717, 1.165) is 75.0 Å². The summed E-state index contributed by atoms with van der Waals surface area (Å²) in [5.74, 6) is -0.697. The molecule has 12 heteroatoms. The number of nitrogens with zero attached hydrogens (tertiary/aromatic N) is 3. The molecule has 0 unspecified atom stereocenters. The highest BCUT2D eigenvalue weighted by Crippen LogP contribution is 2.40. The third-order valence-electron chi connectivity index (χ3n) is 13.8. The van der Waals surface area contributed by atoms with Crippen molar-refractivity contribution in [2.24, 2.45) is 4.99 Å². The molecule has 1 aliphatic rings. The second-order valence-electron chi connectivity index (χ2n) is 19.1. The molecule has 1 aliphatic heterocycles. The molecule has 2 heterocycles. The van der Waals surface area contributed by atoms with Gasteiger partial charge >= 0.3 is 11.9 Å². The predicted molar refractivity (Wildman–Crippen MR) is 338 cm³/mol. The summed E-state index contributed by atoms with van der Waals surface area (Å²) in [4.78, 5) is 76.7. The van der Waals surface area contributed by atoms with E-state index in [-0.39, 0.29) is 24.9 Å². The summed E-state index contributed by atoms with van der Waals surface area (Å²) >= 11 is 0. The number of fused-ring (bicyclic) bond motifs is 1. The zero-order valence-electron chi connectivity index (χ0n) is 49.9. The number of hydrogen-bond donors (Lipinski definition) is 1. The van der Waals surface area contributed by atoms with Crippen LogP contribution in [0, 0.1) is 20.8 Å². The first kappa shape index (κ1) is 62.9. The maximum absolute atomic E-state index is 14.4. The average Bonchev–Trinajstić information content (AvgIpc) is 4.24. The molecule has 0 fully saturated rings. The lowest BCUT2D eigenvalue weighted by Gasteiger charge is -2.25. The van der Waals surface area contributed by atoms with Crippen molar-refractivity contribution < 1.29 is 38.2 Å². The van der Waals surface area contributed by atoms with Gasteiger partial charge in [-0.05, 0) is 172 Å². The van der Waals surface area contributed by atoms with Gasteiger partial charge in [-0.2, -0.15) is 0 Å². The largest absolute Gasteiger partial charge is 0.462 e. The van der Waals surface area contributed by atoms with Gasteiger partial charge in [-0.1, -0.05) is 113 Å². The molecule has 83 heavy (non-hydrogen) atoms. The number of allylic oxidation sites excluding steroid dienone is 1. The molecule has 9 rings (SSSR count). The number of carbonyl (C=O) groups excluding carboxylic acids is 5. The van der Waals surface area contributed by atoms with Crippen molar-refractivity contribution in [1.82, 2.24) is 4.98 Å². The fourth-order valence-corrected chi connectivity index (χ4v) is 9.82. The lowest BCUT2D eigenvalue weighted by Crippen LogP contribution is -2.26. The number of aryl methyl sites for hydroxylation is 4. The number of methoxy groups -OCH3 is 1. The van der Waals surface area contributed by atoms with E-state index in [0.29, 0.717) is 80.3 Å². The second-order valence-corrected chi connectivity index (χ2v) is 19.1. The van der Waals surface area contributed by atoms with Crippen molar-refractivity contribution in [3.8, 4) is 16.9 Å². The second kappa shape index (κ2) is 30.5. The van der Waals surface area contributed by atoms with Crippen LogP contribution in [-0.2, 0) is 25.5 Å². The maximum Gasteiger partial charge on any atom is 0.340 e. The van der Waals surface area contributed by atoms with E-state index in [1.165, 1.54) is 0 Å². The highest BCUT2D eigenvalue weighted by molar-refractivity contribution is 6.22. The Morgan fingerprint density at radius 3 is 1.78 bits per heavy atom. The van der Waals surface area contributed by atoms with Crippen LogP contribution < -0.4 is 14.5 Å². The standard InChI is InChI=1S/C64H56N4O7.C3H8O.2C2H6/c1-7-74-64(73)56-37-58(66-43(56)5)62(57-36-47(39-70)42(4)65-57)60-40(2)34-52(35-41(60)3)75-59(71)23-14-16-44-24-29-48(30-25-44)67(6)63(72)55-22-15-21-54-53(33-28-46(38-69)61(54)55)45-26-31-51(32-27-45)68(49-17-10-8-11-18-49)50-19-12-9-13-20-50;1-3-4-2;2*1-2/h8-13,15,17-22,24-39,65H,7,14,16,23H2,1-6H3;3H2,1-2H3;2*1-2H3/b62-58+;;;. The Morgan fingerprint density at radius 2 is 1.23 bits per heavy atom. The smallest absolute Gasteiger partial charge is 0.340 e. The number of rotatable bonds is 18. The summed E-state index contributed by atoms with van der Waals surface area (Å²) in [6, 6.07) is 51.1. The SMILES string of the molecule is CC.CC.CCOC.CCOC(=O)C1=C/C(=C(/c2cc(C=O)c(C)[nH]2)c2c(C)cc(OC(=O)CCCc3ccc(N(C)C(=O)c4cccc5c(-c6ccc(N(c7ccccc7)c7ccccc7)cc6)ccc(C=O)c45)cc3)cc2C)N=C1C. The number of ether oxygens (including phenoxy) is 3. The monoisotopic (exact) mass is 1110 g/mol. The van der Waals surface area contributed by atoms with E-state index < -0.39 is 5.97 Å². The van der Waals surface area contributed by atoms with Gasteiger partial charge in [-0.3, -0.25) is 24.2 Å². The first-order chi connectivity index (χ1) is 40.3. The van der Waals surface area contributed by atoms with Crippen molar-refractivity contribution in [1.29, 1.82) is 0 Å². The van der Waals surface area contributed by atoms with Crippen molar-refractivity contribution in [3.05, 3.63) is 225 Å². The summed E-state index contributed by atoms with van der Waals surface area (Å²) in [6.45, 7) is 20.2. The van der Waals surface area contributed by atoms with Gasteiger partial charge in [0.25, 0.3) is 5.91 Å². The van der Waals surface area contributed by atoms with Gasteiger partial charge in [0.2, 0.25) is 0 Å². The van der Waals surface area contributed by atoms with E-state index >= 15 is 0 Å². The Hall–Kier alpha value is -9.26. The molecule has 0 aliphatic carbocycles. The van der Waals surface area contributed by atoms with Crippen LogP contribution in [-0.4, -0.2) is 68.5 Å². The van der Waals surface area contributed by atoms with Crippen LogP contribution >= 0.6 is 0 Å². The highest BCUT2D eigenvalue weighted by Gasteiger charge is 2.27. The third-order valence-corrected chi connectivity index (χ3v) is 13.8. The van der Waals surface area contributed by atoms with Crippen LogP contribution in [0.15, 0.2) is 180 Å². The van der Waals surface area contributed by atoms with Gasteiger partial charge in [-0.25, -0.2) is 4.79 Å². The van der Waals surface area contributed by atoms with Gasteiger partial charge in [0, 0.05) is 89.0 Å². The quantitative estimate of drug-likeness (QED) is 0.0504. The van der Waals surface area contributed by atoms with E-state index in [1.807, 2.05) is 134 Å². The third kappa shape index (κ3) is 15.0. The van der Waals surface area contributed by atoms with Crippen molar-refractivity contribution in [2.45, 2.75) is 88.5 Å². The number of aliphatic imine (C=N–C) groups is 1. The van der Waals surface area contributed by atoms with E-state index in [1.54, 1.807) is 69.3 Å². The first-order valence-electron chi connectivity index (χ1n) is 28.3. The Kier molecular flexibility index (Phi) is 23.1. The summed E-state index contributed by atoms with van der Waals surface area (Å²) in [5, 5.41) is 1.38. The highest BCUT2D eigenvalue weighted by atomic mass is 16.5. The minimum Gasteiger partial charge on any atom is -0.462 e. The lowest BCUT2D eigenvalue weighted by molar-refractivity contribution is -0.138. The lowest BCUT2D eigenvalue weighted by atomic mass is 9.91. The number of aldehydes is 2. The topological polar surface area (TPSA) is 148 Å². The zero-order chi connectivity index (χ0) is 60.2. The zero-order valence-corrected chi connectivity index (χ0v) is 49.9. The van der Waals surface area contributed by atoms with E-state index in [9.17, 15) is 24.0 Å². The summed E-state index contributed by atoms with van der Waals surface area (Å²) < 4.78 is 15.7. The normalized spacial score (nSPS) is 12.0. The number of esters is 2. The number of aromatic nitrogens is 1. The average molecular weight is 1110 g/mol. The molecular formula is C71H76N4O8. The number of amides is 1. The van der Waals surface area contributed by atoms with E-state index in [4.69, 9.17) is 14.5 Å². The van der Waals surface area contributed by atoms with Crippen molar-refractivity contribution in [3.63, 3.8) is 0 Å². The number of nitrogens with one attached hydrogen (secondary N) is 1. The molecule has 0 saturated heterocycles. The van der Waals surface area contributed by atoms with Crippen molar-refractivity contribution in [2.75, 3.05) is 37.2 Å². The number of hydrogen-bond acceptors (Lipinski definition) is 10. The fourth-order valence-electron chi connectivity index (χ4n) is 9.82.